The molecule has 4 rings (SSSR count). The zero-order valence-corrected chi connectivity index (χ0v) is 15.2. The molecule has 0 atom stereocenters. The number of rotatable bonds is 5. The molecule has 0 saturated carbocycles. The highest BCUT2D eigenvalue weighted by Gasteiger charge is 2.25. The molecule has 1 fully saturated rings. The molecule has 0 spiro atoms. The summed E-state index contributed by atoms with van der Waals surface area (Å²) in [4.78, 5) is 28.1. The zero-order chi connectivity index (χ0) is 17.9. The average molecular weight is 368 g/mol. The van der Waals surface area contributed by atoms with Crippen LogP contribution in [0.4, 0.5) is 0 Å². The van der Waals surface area contributed by atoms with E-state index in [1.807, 2.05) is 46.7 Å². The van der Waals surface area contributed by atoms with Gasteiger partial charge in [-0.1, -0.05) is 24.3 Å². The zero-order valence-electron chi connectivity index (χ0n) is 14.4. The van der Waals surface area contributed by atoms with Gasteiger partial charge in [0.05, 0.1) is 12.1 Å². The molecule has 6 nitrogen and oxygen atoms in total. The summed E-state index contributed by atoms with van der Waals surface area (Å²) in [6.07, 6.45) is 2.07. The van der Waals surface area contributed by atoms with Gasteiger partial charge in [0, 0.05) is 23.4 Å². The van der Waals surface area contributed by atoms with Crippen molar-refractivity contribution in [3.63, 3.8) is 0 Å². The third-order valence-corrected chi connectivity index (χ3v) is 5.46. The van der Waals surface area contributed by atoms with E-state index in [1.54, 1.807) is 16.0 Å². The molecule has 2 aromatic heterocycles. The molecule has 2 amide bonds. The maximum absolute atomic E-state index is 12.8. The quantitative estimate of drug-likeness (QED) is 0.753. The SMILES string of the molecule is O=C(Cn1nc(C(=O)N2CCCC2)c2ccccc21)NCc1cccs1. The molecule has 134 valence electrons. The Morgan fingerprint density at radius 2 is 1.92 bits per heavy atom. The van der Waals surface area contributed by atoms with Crippen molar-refractivity contribution in [2.75, 3.05) is 13.1 Å². The van der Waals surface area contributed by atoms with Gasteiger partial charge < -0.3 is 10.2 Å². The normalized spacial score (nSPS) is 14.1. The number of nitrogens with one attached hydrogen (secondary N) is 1. The van der Waals surface area contributed by atoms with Crippen LogP contribution in [-0.4, -0.2) is 39.6 Å². The van der Waals surface area contributed by atoms with Crippen LogP contribution in [0.15, 0.2) is 41.8 Å². The van der Waals surface area contributed by atoms with Crippen LogP contribution in [0.3, 0.4) is 0 Å². The van der Waals surface area contributed by atoms with Crippen LogP contribution in [0, 0.1) is 0 Å². The second-order valence-electron chi connectivity index (χ2n) is 6.38. The van der Waals surface area contributed by atoms with E-state index in [4.69, 9.17) is 0 Å². The van der Waals surface area contributed by atoms with Crippen molar-refractivity contribution in [1.29, 1.82) is 0 Å². The number of amides is 2. The summed E-state index contributed by atoms with van der Waals surface area (Å²) in [7, 11) is 0. The van der Waals surface area contributed by atoms with E-state index in [2.05, 4.69) is 10.4 Å². The van der Waals surface area contributed by atoms with Crippen molar-refractivity contribution in [2.24, 2.45) is 0 Å². The molecule has 1 aliphatic heterocycles. The Morgan fingerprint density at radius 1 is 1.12 bits per heavy atom. The molecule has 26 heavy (non-hydrogen) atoms. The molecule has 0 bridgehead atoms. The second kappa shape index (κ2) is 7.29. The van der Waals surface area contributed by atoms with Crippen LogP contribution in [0.25, 0.3) is 10.9 Å². The first-order valence-corrected chi connectivity index (χ1v) is 9.64. The van der Waals surface area contributed by atoms with E-state index in [0.29, 0.717) is 12.2 Å². The summed E-state index contributed by atoms with van der Waals surface area (Å²) in [6, 6.07) is 11.5. The number of carbonyl (C=O) groups is 2. The van der Waals surface area contributed by atoms with Gasteiger partial charge in [-0.3, -0.25) is 14.3 Å². The largest absolute Gasteiger partial charge is 0.350 e. The van der Waals surface area contributed by atoms with E-state index < -0.39 is 0 Å². The minimum Gasteiger partial charge on any atom is -0.350 e. The molecule has 1 aliphatic rings. The van der Waals surface area contributed by atoms with Crippen molar-refractivity contribution in [3.8, 4) is 0 Å². The van der Waals surface area contributed by atoms with Crippen LogP contribution < -0.4 is 5.32 Å². The Labute approximate surface area is 155 Å². The van der Waals surface area contributed by atoms with Gasteiger partial charge in [0.25, 0.3) is 5.91 Å². The lowest BCUT2D eigenvalue weighted by Gasteiger charge is -2.13. The van der Waals surface area contributed by atoms with E-state index in [9.17, 15) is 9.59 Å². The van der Waals surface area contributed by atoms with Gasteiger partial charge >= 0.3 is 0 Å². The predicted octanol–water partition coefficient (Wildman–Crippen LogP) is 2.65. The summed E-state index contributed by atoms with van der Waals surface area (Å²) >= 11 is 1.61. The Morgan fingerprint density at radius 3 is 2.69 bits per heavy atom. The first kappa shape index (κ1) is 16.8. The molecular formula is C19H20N4O2S. The first-order chi connectivity index (χ1) is 12.7. The van der Waals surface area contributed by atoms with Crippen molar-refractivity contribution < 1.29 is 9.59 Å². The Kier molecular flexibility index (Phi) is 4.71. The topological polar surface area (TPSA) is 67.2 Å². The van der Waals surface area contributed by atoms with Gasteiger partial charge in [-0.25, -0.2) is 0 Å². The lowest BCUT2D eigenvalue weighted by atomic mass is 10.2. The number of thiophene rings is 1. The molecule has 0 radical (unpaired) electrons. The fraction of sp³-hybridized carbons (Fsp3) is 0.316. The lowest BCUT2D eigenvalue weighted by Crippen LogP contribution is -2.29. The van der Waals surface area contributed by atoms with Crippen LogP contribution in [-0.2, 0) is 17.9 Å². The number of hydrogen-bond acceptors (Lipinski definition) is 4. The number of para-hydroxylation sites is 1. The summed E-state index contributed by atoms with van der Waals surface area (Å²) in [6.45, 7) is 2.16. The molecule has 0 aliphatic carbocycles. The van der Waals surface area contributed by atoms with Gasteiger partial charge in [-0.05, 0) is 30.4 Å². The summed E-state index contributed by atoms with van der Waals surface area (Å²) in [5, 5.41) is 10.2. The van der Waals surface area contributed by atoms with Crippen molar-refractivity contribution >= 4 is 34.1 Å². The Balaban J connectivity index is 1.55. The summed E-state index contributed by atoms with van der Waals surface area (Å²) < 4.78 is 1.63. The molecule has 7 heteroatoms. The smallest absolute Gasteiger partial charge is 0.275 e. The minimum absolute atomic E-state index is 0.0450. The van der Waals surface area contributed by atoms with Crippen molar-refractivity contribution in [3.05, 3.63) is 52.3 Å². The van der Waals surface area contributed by atoms with Gasteiger partial charge in [-0.2, -0.15) is 5.10 Å². The lowest BCUT2D eigenvalue weighted by molar-refractivity contribution is -0.121. The van der Waals surface area contributed by atoms with E-state index in [1.165, 1.54) is 0 Å². The third kappa shape index (κ3) is 3.35. The first-order valence-electron chi connectivity index (χ1n) is 8.76. The van der Waals surface area contributed by atoms with Crippen LogP contribution in [0.5, 0.6) is 0 Å². The van der Waals surface area contributed by atoms with E-state index >= 15 is 0 Å². The molecule has 1 N–H and O–H groups in total. The van der Waals surface area contributed by atoms with Crippen LogP contribution in [0.1, 0.15) is 28.2 Å². The fourth-order valence-corrected chi connectivity index (χ4v) is 3.91. The number of hydrogen-bond donors (Lipinski definition) is 1. The molecule has 0 unspecified atom stereocenters. The number of benzene rings is 1. The number of likely N-dealkylation sites (tertiary alicyclic amines) is 1. The third-order valence-electron chi connectivity index (χ3n) is 4.59. The second-order valence-corrected chi connectivity index (χ2v) is 7.41. The molecule has 3 heterocycles. The summed E-state index contributed by atoms with van der Waals surface area (Å²) in [5.74, 6) is -0.164. The number of fused-ring (bicyclic) bond motifs is 1. The van der Waals surface area contributed by atoms with Crippen molar-refractivity contribution in [1.82, 2.24) is 20.0 Å². The number of carbonyl (C=O) groups excluding carboxylic acids is 2. The van der Waals surface area contributed by atoms with Gasteiger partial charge in [0.1, 0.15) is 6.54 Å². The highest BCUT2D eigenvalue weighted by atomic mass is 32.1. The van der Waals surface area contributed by atoms with Crippen LogP contribution in [0.2, 0.25) is 0 Å². The monoisotopic (exact) mass is 368 g/mol. The maximum Gasteiger partial charge on any atom is 0.275 e. The average Bonchev–Trinajstić information content (AvgIpc) is 3.41. The number of aromatic nitrogens is 2. The van der Waals surface area contributed by atoms with Gasteiger partial charge in [0.15, 0.2) is 5.69 Å². The Bertz CT molecular complexity index is 926. The van der Waals surface area contributed by atoms with Crippen LogP contribution >= 0.6 is 11.3 Å². The predicted molar refractivity (Wildman–Crippen MR) is 101 cm³/mol. The Hall–Kier alpha value is -2.67. The highest BCUT2D eigenvalue weighted by Crippen LogP contribution is 2.21. The molecule has 1 saturated heterocycles. The van der Waals surface area contributed by atoms with Gasteiger partial charge in [-0.15, -0.1) is 11.3 Å². The maximum atomic E-state index is 12.8. The highest BCUT2D eigenvalue weighted by molar-refractivity contribution is 7.09. The van der Waals surface area contributed by atoms with Crippen molar-refractivity contribution in [2.45, 2.75) is 25.9 Å². The fourth-order valence-electron chi connectivity index (χ4n) is 3.27. The van der Waals surface area contributed by atoms with Gasteiger partial charge in [0.2, 0.25) is 5.91 Å². The molecule has 1 aromatic carbocycles. The number of nitrogens with zero attached hydrogens (tertiary/aromatic N) is 3. The van der Waals surface area contributed by atoms with E-state index in [0.717, 1.165) is 41.7 Å². The standard InChI is InChI=1S/C19H20N4O2S/c24-17(20-12-14-6-5-11-26-14)13-23-16-8-2-1-7-15(16)18(21-23)19(25)22-9-3-4-10-22/h1-2,5-8,11H,3-4,9-10,12-13H2,(H,20,24). The molecular weight excluding hydrogens is 348 g/mol. The minimum atomic E-state index is -0.119. The summed E-state index contributed by atoms with van der Waals surface area (Å²) in [5.41, 5.74) is 1.25. The molecule has 3 aromatic rings. The van der Waals surface area contributed by atoms with E-state index in [-0.39, 0.29) is 18.4 Å².